The zero-order chi connectivity index (χ0) is 14.5. The molecule has 1 aromatic rings. The zero-order valence-electron chi connectivity index (χ0n) is 10.7. The van der Waals surface area contributed by atoms with E-state index < -0.39 is 11.7 Å². The third kappa shape index (κ3) is 3.33. The fourth-order valence-electron chi connectivity index (χ4n) is 1.90. The fraction of sp³-hybridized carbons (Fsp3) is 0.286. The lowest BCUT2D eigenvalue weighted by atomic mass is 10.1. The molecule has 0 aliphatic carbocycles. The minimum absolute atomic E-state index is 0.0670. The van der Waals surface area contributed by atoms with Crippen molar-refractivity contribution in [1.82, 2.24) is 10.6 Å². The van der Waals surface area contributed by atoms with Crippen molar-refractivity contribution in [3.05, 3.63) is 35.1 Å². The quantitative estimate of drug-likeness (QED) is 0.651. The van der Waals surface area contributed by atoms with E-state index in [2.05, 4.69) is 22.5 Å². The van der Waals surface area contributed by atoms with E-state index in [0.29, 0.717) is 12.1 Å². The van der Waals surface area contributed by atoms with E-state index in [1.165, 1.54) is 12.1 Å². The lowest BCUT2D eigenvalue weighted by Gasteiger charge is -2.10. The fourth-order valence-corrected chi connectivity index (χ4v) is 1.90. The highest BCUT2D eigenvalue weighted by atomic mass is 19.1. The molecule has 1 heterocycles. The number of nitrogens with one attached hydrogen (secondary N) is 2. The second kappa shape index (κ2) is 6.17. The van der Waals surface area contributed by atoms with Gasteiger partial charge in [0.15, 0.2) is 0 Å². The molecule has 6 heteroatoms. The summed E-state index contributed by atoms with van der Waals surface area (Å²) in [6, 6.07) is 3.81. The first kappa shape index (κ1) is 14.0. The molecule has 4 N–H and O–H groups in total. The third-order valence-corrected chi connectivity index (χ3v) is 2.86. The van der Waals surface area contributed by atoms with Gasteiger partial charge in [0.2, 0.25) is 5.91 Å². The van der Waals surface area contributed by atoms with Crippen LogP contribution in [0.25, 0.3) is 0 Å². The molecule has 1 atom stereocenters. The van der Waals surface area contributed by atoms with Crippen molar-refractivity contribution in [1.29, 1.82) is 0 Å². The summed E-state index contributed by atoms with van der Waals surface area (Å²) in [7, 11) is 0. The molecule has 5 nitrogen and oxygen atoms in total. The van der Waals surface area contributed by atoms with Gasteiger partial charge in [-0.15, -0.1) is 0 Å². The van der Waals surface area contributed by atoms with Gasteiger partial charge in [0.25, 0.3) is 5.91 Å². The molecule has 0 bridgehead atoms. The summed E-state index contributed by atoms with van der Waals surface area (Å²) in [5.74, 6) is 3.99. The molecule has 0 aromatic heterocycles. The number of halogens is 1. The van der Waals surface area contributed by atoms with E-state index in [4.69, 9.17) is 5.73 Å². The van der Waals surface area contributed by atoms with Crippen molar-refractivity contribution in [3.63, 3.8) is 0 Å². The minimum Gasteiger partial charge on any atom is -0.354 e. The Morgan fingerprint density at radius 2 is 2.35 bits per heavy atom. The van der Waals surface area contributed by atoms with E-state index in [-0.39, 0.29) is 30.5 Å². The zero-order valence-corrected chi connectivity index (χ0v) is 10.7. The smallest absolute Gasteiger partial charge is 0.254 e. The topological polar surface area (TPSA) is 84.2 Å². The highest BCUT2D eigenvalue weighted by molar-refractivity contribution is 5.95. The van der Waals surface area contributed by atoms with Crippen LogP contribution in [-0.4, -0.2) is 30.9 Å². The van der Waals surface area contributed by atoms with Gasteiger partial charge >= 0.3 is 0 Å². The molecular weight excluding hydrogens is 261 g/mol. The van der Waals surface area contributed by atoms with Crippen LogP contribution < -0.4 is 16.4 Å². The van der Waals surface area contributed by atoms with Crippen molar-refractivity contribution in [2.75, 3.05) is 13.1 Å². The van der Waals surface area contributed by atoms with Crippen molar-refractivity contribution in [3.8, 4) is 11.8 Å². The first-order valence-electron chi connectivity index (χ1n) is 6.16. The highest BCUT2D eigenvalue weighted by Crippen LogP contribution is 2.11. The average Bonchev–Trinajstić information content (AvgIpc) is 2.81. The van der Waals surface area contributed by atoms with Gasteiger partial charge in [-0.05, 0) is 18.2 Å². The number of nitrogens with two attached hydrogens (primary N) is 1. The molecule has 2 amide bonds. The van der Waals surface area contributed by atoms with Crippen LogP contribution in [0.1, 0.15) is 22.3 Å². The summed E-state index contributed by atoms with van der Waals surface area (Å²) in [6.07, 6.45) is 0.216. The summed E-state index contributed by atoms with van der Waals surface area (Å²) < 4.78 is 13.8. The molecule has 1 aliphatic heterocycles. The Morgan fingerprint density at radius 3 is 2.95 bits per heavy atom. The summed E-state index contributed by atoms with van der Waals surface area (Å²) in [5, 5.41) is 5.21. The van der Waals surface area contributed by atoms with Gasteiger partial charge in [-0.3, -0.25) is 9.59 Å². The van der Waals surface area contributed by atoms with Crippen LogP contribution in [-0.2, 0) is 4.79 Å². The van der Waals surface area contributed by atoms with Gasteiger partial charge in [-0.25, -0.2) is 4.39 Å². The molecule has 104 valence electrons. The van der Waals surface area contributed by atoms with Crippen LogP contribution in [0.15, 0.2) is 18.2 Å². The monoisotopic (exact) mass is 275 g/mol. The first-order chi connectivity index (χ1) is 9.60. The van der Waals surface area contributed by atoms with Gasteiger partial charge in [0.05, 0.1) is 18.2 Å². The number of hydrogen-bond acceptors (Lipinski definition) is 3. The van der Waals surface area contributed by atoms with Gasteiger partial charge in [-0.2, -0.15) is 0 Å². The van der Waals surface area contributed by atoms with Gasteiger partial charge < -0.3 is 16.4 Å². The number of benzene rings is 1. The summed E-state index contributed by atoms with van der Waals surface area (Å²) >= 11 is 0. The van der Waals surface area contributed by atoms with E-state index >= 15 is 0 Å². The summed E-state index contributed by atoms with van der Waals surface area (Å²) in [5.41, 5.74) is 5.62. The Labute approximate surface area is 115 Å². The maximum absolute atomic E-state index is 13.8. The number of hydrogen-bond donors (Lipinski definition) is 3. The lowest BCUT2D eigenvalue weighted by molar-refractivity contribution is -0.119. The Hall–Kier alpha value is -2.39. The predicted octanol–water partition coefficient (Wildman–Crippen LogP) is -0.246. The molecule has 2 rings (SSSR count). The van der Waals surface area contributed by atoms with Crippen LogP contribution in [0, 0.1) is 17.7 Å². The molecule has 1 unspecified atom stereocenters. The highest BCUT2D eigenvalue weighted by Gasteiger charge is 2.24. The average molecular weight is 275 g/mol. The van der Waals surface area contributed by atoms with E-state index in [9.17, 15) is 14.0 Å². The van der Waals surface area contributed by atoms with Crippen LogP contribution in [0.3, 0.4) is 0 Å². The molecule has 0 spiro atoms. The minimum atomic E-state index is -0.649. The Kier molecular flexibility index (Phi) is 4.33. The Balaban J connectivity index is 2.08. The lowest BCUT2D eigenvalue weighted by Crippen LogP contribution is -2.36. The molecule has 1 fully saturated rings. The largest absolute Gasteiger partial charge is 0.354 e. The number of carbonyl (C=O) groups excluding carboxylic acids is 2. The van der Waals surface area contributed by atoms with Crippen molar-refractivity contribution < 1.29 is 14.0 Å². The molecule has 20 heavy (non-hydrogen) atoms. The second-order valence-corrected chi connectivity index (χ2v) is 4.38. The Bertz CT molecular complexity index is 604. The van der Waals surface area contributed by atoms with Crippen LogP contribution >= 0.6 is 0 Å². The Morgan fingerprint density at radius 1 is 1.55 bits per heavy atom. The van der Waals surface area contributed by atoms with Crippen LogP contribution in [0.2, 0.25) is 0 Å². The van der Waals surface area contributed by atoms with Crippen molar-refractivity contribution >= 4 is 11.8 Å². The van der Waals surface area contributed by atoms with Gasteiger partial charge in [0, 0.05) is 18.5 Å². The van der Waals surface area contributed by atoms with Gasteiger partial charge in [0.1, 0.15) is 5.82 Å². The molecule has 0 radical (unpaired) electrons. The SMILES string of the molecule is NCC#Cc1ccc(C(=O)NC2CNC(=O)C2)c(F)c1. The number of rotatable bonds is 2. The molecule has 0 saturated carbocycles. The first-order valence-corrected chi connectivity index (χ1v) is 6.16. The summed E-state index contributed by atoms with van der Waals surface area (Å²) in [6.45, 7) is 0.554. The molecule has 1 aromatic carbocycles. The number of carbonyl (C=O) groups is 2. The molecular formula is C14H14FN3O2. The van der Waals surface area contributed by atoms with Crippen molar-refractivity contribution in [2.24, 2.45) is 5.73 Å². The van der Waals surface area contributed by atoms with Crippen molar-refractivity contribution in [2.45, 2.75) is 12.5 Å². The predicted molar refractivity (Wildman–Crippen MR) is 71.2 cm³/mol. The normalized spacial score (nSPS) is 17.1. The van der Waals surface area contributed by atoms with E-state index in [0.717, 1.165) is 0 Å². The molecule has 1 saturated heterocycles. The van der Waals surface area contributed by atoms with Crippen LogP contribution in [0.4, 0.5) is 4.39 Å². The van der Waals surface area contributed by atoms with Crippen LogP contribution in [0.5, 0.6) is 0 Å². The maximum atomic E-state index is 13.8. The number of amides is 2. The van der Waals surface area contributed by atoms with Gasteiger partial charge in [-0.1, -0.05) is 11.8 Å². The van der Waals surface area contributed by atoms with E-state index in [1.807, 2.05) is 0 Å². The molecule has 1 aliphatic rings. The summed E-state index contributed by atoms with van der Waals surface area (Å²) in [4.78, 5) is 22.9. The second-order valence-electron chi connectivity index (χ2n) is 4.38. The van der Waals surface area contributed by atoms with E-state index in [1.54, 1.807) is 6.07 Å². The third-order valence-electron chi connectivity index (χ3n) is 2.86. The standard InChI is InChI=1S/C14H14FN3O2/c15-12-6-9(2-1-5-16)3-4-11(12)14(20)18-10-7-13(19)17-8-10/h3-4,6,10H,5,7-8,16H2,(H,17,19)(H,18,20). The maximum Gasteiger partial charge on any atom is 0.254 e.